The molecule has 1 aromatic carbocycles. The van der Waals surface area contributed by atoms with E-state index in [2.05, 4.69) is 10.9 Å². The van der Waals surface area contributed by atoms with Gasteiger partial charge in [0.25, 0.3) is 5.91 Å². The van der Waals surface area contributed by atoms with Gasteiger partial charge >= 0.3 is 0 Å². The molecule has 0 aromatic heterocycles. The van der Waals surface area contributed by atoms with E-state index < -0.39 is 5.41 Å². The van der Waals surface area contributed by atoms with Gasteiger partial charge in [0, 0.05) is 11.0 Å². The number of nitrogens with one attached hydrogen (secondary N) is 2. The second-order valence-electron chi connectivity index (χ2n) is 4.97. The Balaban J connectivity index is 2.63. The quantitative estimate of drug-likeness (QED) is 0.728. The van der Waals surface area contributed by atoms with Crippen molar-refractivity contribution in [3.8, 4) is 0 Å². The summed E-state index contributed by atoms with van der Waals surface area (Å²) in [5.74, 6) is -0.528. The normalized spacial score (nSPS) is 10.8. The topological polar surface area (TPSA) is 58.2 Å². The van der Waals surface area contributed by atoms with Crippen LogP contribution in [0.15, 0.2) is 24.3 Å². The van der Waals surface area contributed by atoms with Crippen LogP contribution >= 0.6 is 0 Å². The molecular weight excluding hydrogens is 216 g/mol. The second-order valence-corrected chi connectivity index (χ2v) is 4.97. The van der Waals surface area contributed by atoms with Gasteiger partial charge in [0.15, 0.2) is 0 Å². The molecule has 92 valence electrons. The van der Waals surface area contributed by atoms with E-state index in [1.54, 1.807) is 32.9 Å². The predicted octanol–water partition coefficient (Wildman–Crippen LogP) is 1.80. The first-order chi connectivity index (χ1) is 7.82. The maximum Gasteiger partial charge on any atom is 0.269 e. The summed E-state index contributed by atoms with van der Waals surface area (Å²) in [6, 6.07) is 7.21. The smallest absolute Gasteiger partial charge is 0.269 e. The maximum atomic E-state index is 11.8. The average Bonchev–Trinajstić information content (AvgIpc) is 2.24. The van der Waals surface area contributed by atoms with E-state index in [1.807, 2.05) is 19.1 Å². The molecule has 0 fully saturated rings. The highest BCUT2D eigenvalue weighted by Crippen LogP contribution is 2.12. The maximum absolute atomic E-state index is 11.8. The molecule has 4 nitrogen and oxygen atoms in total. The number of rotatable bonds is 1. The summed E-state index contributed by atoms with van der Waals surface area (Å²) >= 11 is 0. The van der Waals surface area contributed by atoms with Crippen LogP contribution in [0.2, 0.25) is 0 Å². The Hall–Kier alpha value is -1.84. The molecule has 0 saturated heterocycles. The van der Waals surface area contributed by atoms with Gasteiger partial charge in [0.1, 0.15) is 0 Å². The van der Waals surface area contributed by atoms with Crippen molar-refractivity contribution in [1.29, 1.82) is 0 Å². The fourth-order valence-corrected chi connectivity index (χ4v) is 1.20. The largest absolute Gasteiger partial charge is 0.273 e. The molecule has 2 amide bonds. The number of carbonyl (C=O) groups excluding carboxylic acids is 2. The molecule has 0 spiro atoms. The molecule has 0 saturated carbocycles. The summed E-state index contributed by atoms with van der Waals surface area (Å²) in [5, 5.41) is 0. The standard InChI is InChI=1S/C13H18N2O2/c1-9-7-5-6-8-10(9)11(16)14-15-12(17)13(2,3)4/h5-8H,1-4H3,(H,14,16)(H,15,17). The van der Waals surface area contributed by atoms with Crippen molar-refractivity contribution in [2.24, 2.45) is 5.41 Å². The lowest BCUT2D eigenvalue weighted by atomic mass is 9.96. The molecular formula is C13H18N2O2. The summed E-state index contributed by atoms with van der Waals surface area (Å²) in [6.45, 7) is 7.19. The summed E-state index contributed by atoms with van der Waals surface area (Å²) in [6.07, 6.45) is 0. The first kappa shape index (κ1) is 13.2. The van der Waals surface area contributed by atoms with E-state index in [0.29, 0.717) is 5.56 Å². The fraction of sp³-hybridized carbons (Fsp3) is 0.385. The van der Waals surface area contributed by atoms with Crippen LogP contribution in [0.1, 0.15) is 36.7 Å². The van der Waals surface area contributed by atoms with Gasteiger partial charge in [0.05, 0.1) is 0 Å². The third kappa shape index (κ3) is 3.59. The lowest BCUT2D eigenvalue weighted by molar-refractivity contribution is -0.129. The van der Waals surface area contributed by atoms with E-state index in [0.717, 1.165) is 5.56 Å². The van der Waals surface area contributed by atoms with Gasteiger partial charge in [-0.2, -0.15) is 0 Å². The zero-order chi connectivity index (χ0) is 13.1. The highest BCUT2D eigenvalue weighted by atomic mass is 16.2. The lowest BCUT2D eigenvalue weighted by Crippen LogP contribution is -2.46. The zero-order valence-electron chi connectivity index (χ0n) is 10.6. The van der Waals surface area contributed by atoms with Crippen LogP contribution in [-0.4, -0.2) is 11.8 Å². The van der Waals surface area contributed by atoms with Gasteiger partial charge < -0.3 is 0 Å². The molecule has 0 aliphatic rings. The van der Waals surface area contributed by atoms with Crippen LogP contribution in [0, 0.1) is 12.3 Å². The van der Waals surface area contributed by atoms with Crippen molar-refractivity contribution in [3.63, 3.8) is 0 Å². The van der Waals surface area contributed by atoms with Crippen LogP contribution < -0.4 is 10.9 Å². The highest BCUT2D eigenvalue weighted by Gasteiger charge is 2.21. The van der Waals surface area contributed by atoms with Gasteiger partial charge in [-0.05, 0) is 18.6 Å². The van der Waals surface area contributed by atoms with Gasteiger partial charge in [-0.15, -0.1) is 0 Å². The Morgan fingerprint density at radius 1 is 1.06 bits per heavy atom. The van der Waals surface area contributed by atoms with Crippen LogP contribution in [0.25, 0.3) is 0 Å². The Kier molecular flexibility index (Phi) is 3.89. The number of carbonyl (C=O) groups is 2. The molecule has 0 radical (unpaired) electrons. The molecule has 1 rings (SSSR count). The van der Waals surface area contributed by atoms with Crippen molar-refractivity contribution < 1.29 is 9.59 Å². The number of benzene rings is 1. The molecule has 17 heavy (non-hydrogen) atoms. The van der Waals surface area contributed by atoms with Crippen LogP contribution in [0.4, 0.5) is 0 Å². The van der Waals surface area contributed by atoms with Gasteiger partial charge in [-0.1, -0.05) is 39.0 Å². The van der Waals surface area contributed by atoms with Gasteiger partial charge in [-0.25, -0.2) is 0 Å². The predicted molar refractivity (Wildman–Crippen MR) is 66.2 cm³/mol. The molecule has 0 unspecified atom stereocenters. The number of hydrogen-bond acceptors (Lipinski definition) is 2. The minimum Gasteiger partial charge on any atom is -0.273 e. The first-order valence-electron chi connectivity index (χ1n) is 5.49. The van der Waals surface area contributed by atoms with Crippen LogP contribution in [0.5, 0.6) is 0 Å². The van der Waals surface area contributed by atoms with Crippen molar-refractivity contribution in [2.45, 2.75) is 27.7 Å². The van der Waals surface area contributed by atoms with Crippen molar-refractivity contribution >= 4 is 11.8 Å². The molecule has 2 N–H and O–H groups in total. The molecule has 0 heterocycles. The fourth-order valence-electron chi connectivity index (χ4n) is 1.20. The first-order valence-corrected chi connectivity index (χ1v) is 5.49. The molecule has 0 atom stereocenters. The number of amides is 2. The number of hydrazine groups is 1. The van der Waals surface area contributed by atoms with E-state index in [-0.39, 0.29) is 11.8 Å². The minimum atomic E-state index is -0.529. The molecule has 0 bridgehead atoms. The van der Waals surface area contributed by atoms with E-state index in [1.165, 1.54) is 0 Å². The minimum absolute atomic E-state index is 0.223. The molecule has 1 aromatic rings. The van der Waals surface area contributed by atoms with E-state index in [4.69, 9.17) is 0 Å². The number of hydrogen-bond donors (Lipinski definition) is 2. The number of aryl methyl sites for hydroxylation is 1. The summed E-state index contributed by atoms with van der Waals surface area (Å²) < 4.78 is 0. The van der Waals surface area contributed by atoms with Crippen molar-refractivity contribution in [2.75, 3.05) is 0 Å². The highest BCUT2D eigenvalue weighted by molar-refractivity contribution is 5.96. The van der Waals surface area contributed by atoms with Gasteiger partial charge in [-0.3, -0.25) is 20.4 Å². The van der Waals surface area contributed by atoms with E-state index in [9.17, 15) is 9.59 Å². The van der Waals surface area contributed by atoms with Crippen LogP contribution in [-0.2, 0) is 4.79 Å². The Morgan fingerprint density at radius 2 is 1.65 bits per heavy atom. The third-order valence-electron chi connectivity index (χ3n) is 2.36. The second kappa shape index (κ2) is 4.99. The molecule has 4 heteroatoms. The van der Waals surface area contributed by atoms with E-state index >= 15 is 0 Å². The van der Waals surface area contributed by atoms with Crippen molar-refractivity contribution in [1.82, 2.24) is 10.9 Å². The summed E-state index contributed by atoms with van der Waals surface area (Å²) in [5.41, 5.74) is 5.72. The third-order valence-corrected chi connectivity index (χ3v) is 2.36. The Bertz CT molecular complexity index is 433. The summed E-state index contributed by atoms with van der Waals surface area (Å²) in [7, 11) is 0. The molecule has 0 aliphatic heterocycles. The lowest BCUT2D eigenvalue weighted by Gasteiger charge is -2.18. The SMILES string of the molecule is Cc1ccccc1C(=O)NNC(=O)C(C)(C)C. The van der Waals surface area contributed by atoms with Crippen LogP contribution in [0.3, 0.4) is 0 Å². The Morgan fingerprint density at radius 3 is 2.18 bits per heavy atom. The zero-order valence-corrected chi connectivity index (χ0v) is 10.6. The Labute approximate surface area is 101 Å². The van der Waals surface area contributed by atoms with Crippen molar-refractivity contribution in [3.05, 3.63) is 35.4 Å². The molecule has 0 aliphatic carbocycles. The monoisotopic (exact) mass is 234 g/mol. The average molecular weight is 234 g/mol. The summed E-state index contributed by atoms with van der Waals surface area (Å²) in [4.78, 5) is 23.3. The van der Waals surface area contributed by atoms with Gasteiger partial charge in [0.2, 0.25) is 5.91 Å².